The number of rotatable bonds is 2. The van der Waals surface area contributed by atoms with E-state index in [0.717, 1.165) is 32.1 Å². The van der Waals surface area contributed by atoms with Crippen molar-refractivity contribution >= 4 is 22.4 Å². The number of H-pyrrole nitrogens is 1. The lowest BCUT2D eigenvalue weighted by Crippen LogP contribution is -2.65. The van der Waals surface area contributed by atoms with Crippen LogP contribution in [-0.2, 0) is 32.5 Å². The zero-order valence-corrected chi connectivity index (χ0v) is 27.7. The van der Waals surface area contributed by atoms with Crippen molar-refractivity contribution in [3.05, 3.63) is 52.2 Å². The van der Waals surface area contributed by atoms with E-state index in [2.05, 4.69) is 71.7 Å². The highest BCUT2D eigenvalue weighted by atomic mass is 16.6. The number of aromatic amines is 1. The van der Waals surface area contributed by atoms with Gasteiger partial charge in [0.15, 0.2) is 5.79 Å². The van der Waals surface area contributed by atoms with Gasteiger partial charge in [0.05, 0.1) is 17.3 Å². The third-order valence-electron chi connectivity index (χ3n) is 14.0. The lowest BCUT2D eigenvalue weighted by Gasteiger charge is -2.65. The maximum Gasteiger partial charge on any atom is 0.331 e. The third-order valence-corrected chi connectivity index (χ3v) is 14.0. The molecule has 2 aromatic rings. The molecule has 8 unspecified atom stereocenters. The molecule has 1 saturated heterocycles. The number of benzene rings is 1. The smallest absolute Gasteiger partial charge is 0.331 e. The first-order valence-electron chi connectivity index (χ1n) is 16.9. The molecule has 236 valence electrons. The fourth-order valence-corrected chi connectivity index (χ4v) is 11.8. The molecule has 6 nitrogen and oxygen atoms in total. The molecular formula is C38H49NO5. The number of aliphatic carboxylic acids is 1. The van der Waals surface area contributed by atoms with Crippen molar-refractivity contribution in [2.45, 2.75) is 129 Å². The maximum atomic E-state index is 12.0. The molecule has 8 atom stereocenters. The second kappa shape index (κ2) is 8.49. The Hall–Kier alpha value is -2.41. The van der Waals surface area contributed by atoms with E-state index in [4.69, 9.17) is 9.47 Å². The molecule has 4 aliphatic carbocycles. The van der Waals surface area contributed by atoms with Crippen molar-refractivity contribution < 1.29 is 24.5 Å². The van der Waals surface area contributed by atoms with E-state index < -0.39 is 17.2 Å². The van der Waals surface area contributed by atoms with Gasteiger partial charge >= 0.3 is 5.97 Å². The standard InChI is InChI=1S/C38H49NO5/c1-20(32(40)41)13-23-18-36(7)30-10-9-22-16-26-25-17-24-21(14-28-27(24)19-33(2,3)44-34(28,4)5)15-29(25)39-31(26)37(22,8)35(30,6)11-12-38(36,42)43-23/h13,15,17,19,22-23,28,30,39,42H,9-12,14,16,18H2,1-8H3,(H,40,41). The lowest BCUT2D eigenvalue weighted by molar-refractivity contribution is -0.294. The molecule has 3 N–H and O–H groups in total. The summed E-state index contributed by atoms with van der Waals surface area (Å²) in [5.41, 5.74) is 7.71. The Bertz CT molecular complexity index is 1690. The highest BCUT2D eigenvalue weighted by Crippen LogP contribution is 2.73. The predicted molar refractivity (Wildman–Crippen MR) is 171 cm³/mol. The van der Waals surface area contributed by atoms with Crippen molar-refractivity contribution in [3.63, 3.8) is 0 Å². The summed E-state index contributed by atoms with van der Waals surface area (Å²) in [5, 5.41) is 22.9. The number of aromatic nitrogens is 1. The molecule has 1 aromatic heterocycles. The van der Waals surface area contributed by atoms with E-state index in [1.807, 2.05) is 0 Å². The van der Waals surface area contributed by atoms with Gasteiger partial charge in [-0.25, -0.2) is 4.79 Å². The molecule has 2 aliphatic heterocycles. The summed E-state index contributed by atoms with van der Waals surface area (Å²) in [5.74, 6) is -0.981. The molecule has 0 radical (unpaired) electrons. The minimum Gasteiger partial charge on any atom is -0.478 e. The predicted octanol–water partition coefficient (Wildman–Crippen LogP) is 7.47. The summed E-state index contributed by atoms with van der Waals surface area (Å²) in [4.78, 5) is 15.6. The first kappa shape index (κ1) is 29.0. The van der Waals surface area contributed by atoms with Gasteiger partial charge in [-0.2, -0.15) is 0 Å². The Balaban J connectivity index is 1.21. The van der Waals surface area contributed by atoms with E-state index in [-0.39, 0.29) is 39.6 Å². The van der Waals surface area contributed by atoms with Crippen LogP contribution in [0.2, 0.25) is 0 Å². The molecule has 44 heavy (non-hydrogen) atoms. The molecule has 0 amide bonds. The lowest BCUT2D eigenvalue weighted by atomic mass is 9.40. The zero-order valence-electron chi connectivity index (χ0n) is 27.7. The molecular weight excluding hydrogens is 550 g/mol. The van der Waals surface area contributed by atoms with Crippen molar-refractivity contribution in [2.24, 2.45) is 28.6 Å². The fourth-order valence-electron chi connectivity index (χ4n) is 11.8. The molecule has 1 aromatic carbocycles. The minimum absolute atomic E-state index is 0.0298. The van der Waals surface area contributed by atoms with Crippen LogP contribution in [0.4, 0.5) is 0 Å². The fraction of sp³-hybridized carbons (Fsp3) is 0.658. The first-order valence-corrected chi connectivity index (χ1v) is 16.9. The molecule has 0 bridgehead atoms. The first-order chi connectivity index (χ1) is 20.4. The molecule has 2 saturated carbocycles. The normalized spacial score (nSPS) is 43.0. The zero-order chi connectivity index (χ0) is 31.4. The molecule has 8 rings (SSSR count). The Kier molecular flexibility index (Phi) is 5.60. The van der Waals surface area contributed by atoms with Crippen molar-refractivity contribution in [3.8, 4) is 0 Å². The average molecular weight is 600 g/mol. The van der Waals surface area contributed by atoms with E-state index in [1.54, 1.807) is 13.0 Å². The number of carbonyl (C=O) groups is 1. The van der Waals surface area contributed by atoms with Crippen LogP contribution in [0.15, 0.2) is 29.9 Å². The van der Waals surface area contributed by atoms with Gasteiger partial charge in [-0.3, -0.25) is 0 Å². The van der Waals surface area contributed by atoms with Crippen LogP contribution >= 0.6 is 0 Å². The number of aliphatic hydroxyl groups is 1. The van der Waals surface area contributed by atoms with E-state index >= 15 is 0 Å². The summed E-state index contributed by atoms with van der Waals surface area (Å²) in [7, 11) is 0. The number of hydrogen-bond donors (Lipinski definition) is 3. The average Bonchev–Trinajstić information content (AvgIpc) is 3.60. The summed E-state index contributed by atoms with van der Waals surface area (Å²) in [6.45, 7) is 17.7. The number of nitrogens with one attached hydrogen (secondary N) is 1. The van der Waals surface area contributed by atoms with Crippen molar-refractivity contribution in [1.82, 2.24) is 4.98 Å². The minimum atomic E-state index is -1.24. The Morgan fingerprint density at radius 1 is 1.02 bits per heavy atom. The number of hydrogen-bond acceptors (Lipinski definition) is 4. The quantitative estimate of drug-likeness (QED) is 0.312. The highest BCUT2D eigenvalue weighted by molar-refractivity contribution is 5.92. The van der Waals surface area contributed by atoms with E-state index in [9.17, 15) is 15.0 Å². The van der Waals surface area contributed by atoms with Crippen LogP contribution in [0.5, 0.6) is 0 Å². The number of carboxylic acid groups (broad SMARTS) is 1. The van der Waals surface area contributed by atoms with Crippen LogP contribution in [-0.4, -0.2) is 44.3 Å². The van der Waals surface area contributed by atoms with Gasteiger partial charge in [-0.15, -0.1) is 0 Å². The van der Waals surface area contributed by atoms with Crippen molar-refractivity contribution in [1.29, 1.82) is 0 Å². The molecule has 6 aliphatic rings. The SMILES string of the molecule is CC(=CC1CC2(C)C3CCC4Cc5c([nH]c6cc7c(cc56)C5=CC(C)(C)OC(C)(C)C5C7)C4(C)C3(C)CCC2(O)O1)C(=O)O. The largest absolute Gasteiger partial charge is 0.478 e. The van der Waals surface area contributed by atoms with Gasteiger partial charge in [0, 0.05) is 45.3 Å². The van der Waals surface area contributed by atoms with Crippen LogP contribution in [0, 0.1) is 28.6 Å². The second-order valence-electron chi connectivity index (χ2n) is 17.1. The van der Waals surface area contributed by atoms with Gasteiger partial charge in [0.2, 0.25) is 0 Å². The molecule has 3 fully saturated rings. The summed E-state index contributed by atoms with van der Waals surface area (Å²) >= 11 is 0. The molecule has 0 spiro atoms. The van der Waals surface area contributed by atoms with Crippen LogP contribution in [0.25, 0.3) is 16.5 Å². The number of ether oxygens (including phenoxy) is 2. The Labute approximate surface area is 261 Å². The highest BCUT2D eigenvalue weighted by Gasteiger charge is 2.72. The summed E-state index contributed by atoms with van der Waals surface area (Å²) < 4.78 is 12.9. The van der Waals surface area contributed by atoms with Crippen LogP contribution in [0.1, 0.15) is 110 Å². The third kappa shape index (κ3) is 3.46. The van der Waals surface area contributed by atoms with Crippen LogP contribution in [0.3, 0.4) is 0 Å². The summed E-state index contributed by atoms with van der Waals surface area (Å²) in [6, 6.07) is 4.93. The Morgan fingerprint density at radius 2 is 1.77 bits per heavy atom. The second-order valence-corrected chi connectivity index (χ2v) is 17.1. The number of carboxylic acids is 1. The van der Waals surface area contributed by atoms with Gasteiger partial charge in [-0.05, 0) is 137 Å². The van der Waals surface area contributed by atoms with Gasteiger partial charge in [0.25, 0.3) is 0 Å². The van der Waals surface area contributed by atoms with Gasteiger partial charge in [0.1, 0.15) is 0 Å². The van der Waals surface area contributed by atoms with E-state index in [1.165, 1.54) is 38.9 Å². The van der Waals surface area contributed by atoms with Gasteiger partial charge in [-0.1, -0.05) is 20.8 Å². The Morgan fingerprint density at radius 3 is 2.50 bits per heavy atom. The topological polar surface area (TPSA) is 91.8 Å². The monoisotopic (exact) mass is 599 g/mol. The van der Waals surface area contributed by atoms with Crippen molar-refractivity contribution in [2.75, 3.05) is 0 Å². The maximum absolute atomic E-state index is 12.0. The van der Waals surface area contributed by atoms with Crippen LogP contribution < -0.4 is 0 Å². The number of fused-ring (bicyclic) bond motifs is 12. The van der Waals surface area contributed by atoms with E-state index in [0.29, 0.717) is 24.7 Å². The molecule has 6 heteroatoms. The van der Waals surface area contributed by atoms with Gasteiger partial charge < -0.3 is 24.7 Å². The molecule has 3 heterocycles. The summed E-state index contributed by atoms with van der Waals surface area (Å²) in [6.07, 6.45) is 10.1.